The molecule has 0 unspecified atom stereocenters. The van der Waals surface area contributed by atoms with Crippen molar-refractivity contribution >= 4 is 27.6 Å². The largest absolute Gasteiger partial charge is 0.456 e. The zero-order valence-corrected chi connectivity index (χ0v) is 21.1. The fourth-order valence-corrected chi connectivity index (χ4v) is 5.32. The highest BCUT2D eigenvalue weighted by molar-refractivity contribution is 7.89. The molecule has 1 N–H and O–H groups in total. The number of carbonyl (C=O) groups excluding carboxylic acids is 2. The summed E-state index contributed by atoms with van der Waals surface area (Å²) in [6, 6.07) is 10.8. The number of anilines is 1. The van der Waals surface area contributed by atoms with Crippen molar-refractivity contribution in [2.75, 3.05) is 24.6 Å². The lowest BCUT2D eigenvalue weighted by atomic mass is 9.95. The number of ether oxygens (including phenoxy) is 1. The van der Waals surface area contributed by atoms with E-state index in [0.717, 1.165) is 16.7 Å². The minimum Gasteiger partial charge on any atom is -0.456 e. The summed E-state index contributed by atoms with van der Waals surface area (Å²) in [5, 5.41) is 8.86. The molecule has 182 valence electrons. The van der Waals surface area contributed by atoms with E-state index >= 15 is 0 Å². The first-order valence-electron chi connectivity index (χ1n) is 11.0. The average molecular weight is 486 g/mol. The third kappa shape index (κ3) is 6.43. The van der Waals surface area contributed by atoms with Gasteiger partial charge in [-0.2, -0.15) is 5.26 Å². The molecular formula is C25H31N3O5S. The Hall–Kier alpha value is -3.22. The lowest BCUT2D eigenvalue weighted by Crippen LogP contribution is -2.36. The quantitative estimate of drug-likeness (QED) is 0.516. The summed E-state index contributed by atoms with van der Waals surface area (Å²) < 4.78 is 33.4. The minimum atomic E-state index is -3.83. The molecule has 0 aromatic heterocycles. The molecule has 0 aliphatic rings. The van der Waals surface area contributed by atoms with Crippen molar-refractivity contribution in [2.24, 2.45) is 0 Å². The van der Waals surface area contributed by atoms with E-state index in [1.807, 2.05) is 26.8 Å². The maximum atomic E-state index is 12.9. The van der Waals surface area contributed by atoms with Crippen molar-refractivity contribution in [1.82, 2.24) is 4.72 Å². The molecule has 0 bridgehead atoms. The standard InChI is InChI=1S/C25H31N3O5S/c1-17-18(2)20(4)25(21(5)19(17)3)34(31,32)27-14-12-24(30)33-16-23(29)28(15-9-13-26)22-10-7-6-8-11-22/h6-8,10-11,27H,9,12,14-16H2,1-5H3. The van der Waals surface area contributed by atoms with Gasteiger partial charge < -0.3 is 9.64 Å². The molecule has 0 radical (unpaired) electrons. The van der Waals surface area contributed by atoms with Crippen LogP contribution in [0.3, 0.4) is 0 Å². The molecule has 0 spiro atoms. The maximum Gasteiger partial charge on any atom is 0.307 e. The van der Waals surface area contributed by atoms with E-state index in [2.05, 4.69) is 4.72 Å². The lowest BCUT2D eigenvalue weighted by molar-refractivity contribution is -0.147. The molecule has 2 rings (SSSR count). The summed E-state index contributed by atoms with van der Waals surface area (Å²) >= 11 is 0. The second kappa shape index (κ2) is 11.8. The molecule has 0 saturated carbocycles. The summed E-state index contributed by atoms with van der Waals surface area (Å²) in [4.78, 5) is 26.3. The van der Waals surface area contributed by atoms with Crippen LogP contribution in [0.4, 0.5) is 5.69 Å². The Morgan fingerprint density at radius 1 is 0.971 bits per heavy atom. The monoisotopic (exact) mass is 485 g/mol. The van der Waals surface area contributed by atoms with Gasteiger partial charge in [0.05, 0.1) is 23.8 Å². The van der Waals surface area contributed by atoms with Gasteiger partial charge in [0.1, 0.15) is 0 Å². The number of nitrogens with zero attached hydrogens (tertiary/aromatic N) is 2. The van der Waals surface area contributed by atoms with Gasteiger partial charge in [0.2, 0.25) is 10.0 Å². The molecule has 0 aliphatic carbocycles. The van der Waals surface area contributed by atoms with Gasteiger partial charge in [0.15, 0.2) is 6.61 Å². The van der Waals surface area contributed by atoms with Gasteiger partial charge in [0.25, 0.3) is 5.91 Å². The SMILES string of the molecule is Cc1c(C)c(C)c(S(=O)(=O)NCCC(=O)OCC(=O)N(CCC#N)c2ccccc2)c(C)c1C. The Kier molecular flexibility index (Phi) is 9.36. The van der Waals surface area contributed by atoms with Crippen molar-refractivity contribution in [3.63, 3.8) is 0 Å². The maximum absolute atomic E-state index is 12.9. The van der Waals surface area contributed by atoms with Gasteiger partial charge >= 0.3 is 5.97 Å². The van der Waals surface area contributed by atoms with Gasteiger partial charge in [-0.05, 0) is 74.6 Å². The number of nitriles is 1. The van der Waals surface area contributed by atoms with Crippen LogP contribution in [0.2, 0.25) is 0 Å². The van der Waals surface area contributed by atoms with E-state index in [9.17, 15) is 18.0 Å². The van der Waals surface area contributed by atoms with Crippen molar-refractivity contribution in [3.05, 3.63) is 58.1 Å². The molecule has 0 heterocycles. The van der Waals surface area contributed by atoms with E-state index < -0.39 is 28.5 Å². The van der Waals surface area contributed by atoms with Crippen LogP contribution >= 0.6 is 0 Å². The fraction of sp³-hybridized carbons (Fsp3) is 0.400. The third-order valence-electron chi connectivity index (χ3n) is 5.99. The van der Waals surface area contributed by atoms with Crippen LogP contribution in [0.25, 0.3) is 0 Å². The number of para-hydroxylation sites is 1. The van der Waals surface area contributed by atoms with Crippen LogP contribution in [0.5, 0.6) is 0 Å². The topological polar surface area (TPSA) is 117 Å². The first-order chi connectivity index (χ1) is 16.0. The molecule has 0 aliphatic heterocycles. The van der Waals surface area contributed by atoms with Gasteiger partial charge in [-0.1, -0.05) is 18.2 Å². The Balaban J connectivity index is 1.97. The molecule has 2 aromatic rings. The number of hydrogen-bond acceptors (Lipinski definition) is 6. The lowest BCUT2D eigenvalue weighted by Gasteiger charge is -2.21. The molecular weight excluding hydrogens is 454 g/mol. The smallest absolute Gasteiger partial charge is 0.307 e. The minimum absolute atomic E-state index is 0.132. The van der Waals surface area contributed by atoms with E-state index in [1.165, 1.54) is 4.90 Å². The summed E-state index contributed by atoms with van der Waals surface area (Å²) in [6.45, 7) is 8.80. The van der Waals surface area contributed by atoms with Gasteiger partial charge in [-0.15, -0.1) is 0 Å². The van der Waals surface area contributed by atoms with Crippen molar-refractivity contribution in [2.45, 2.75) is 52.4 Å². The van der Waals surface area contributed by atoms with Crippen LogP contribution in [0, 0.1) is 45.9 Å². The number of esters is 1. The summed E-state index contributed by atoms with van der Waals surface area (Å²) in [6.07, 6.45) is -0.0921. The molecule has 1 amide bonds. The Morgan fingerprint density at radius 3 is 2.09 bits per heavy atom. The molecule has 0 saturated heterocycles. The first kappa shape index (κ1) is 27.0. The van der Waals surface area contributed by atoms with Crippen LogP contribution in [-0.2, 0) is 24.3 Å². The highest BCUT2D eigenvalue weighted by Crippen LogP contribution is 2.29. The molecule has 2 aromatic carbocycles. The van der Waals surface area contributed by atoms with E-state index in [0.29, 0.717) is 16.8 Å². The first-order valence-corrected chi connectivity index (χ1v) is 12.4. The number of carbonyl (C=O) groups is 2. The summed E-state index contributed by atoms with van der Waals surface area (Å²) in [5.41, 5.74) is 4.85. The van der Waals surface area contributed by atoms with E-state index in [1.54, 1.807) is 44.2 Å². The van der Waals surface area contributed by atoms with Crippen LogP contribution in [-0.4, -0.2) is 40.0 Å². The van der Waals surface area contributed by atoms with Crippen LogP contribution in [0.1, 0.15) is 40.7 Å². The van der Waals surface area contributed by atoms with Crippen molar-refractivity contribution in [3.8, 4) is 6.07 Å². The van der Waals surface area contributed by atoms with Gasteiger partial charge in [0, 0.05) is 18.8 Å². The van der Waals surface area contributed by atoms with Crippen LogP contribution in [0.15, 0.2) is 35.2 Å². The number of rotatable bonds is 10. The molecule has 0 atom stereocenters. The molecule has 34 heavy (non-hydrogen) atoms. The molecule has 8 nitrogen and oxygen atoms in total. The van der Waals surface area contributed by atoms with E-state index in [4.69, 9.17) is 10.00 Å². The van der Waals surface area contributed by atoms with E-state index in [-0.39, 0.29) is 30.8 Å². The number of hydrogen-bond donors (Lipinski definition) is 1. The second-order valence-electron chi connectivity index (χ2n) is 8.05. The predicted molar refractivity (Wildman–Crippen MR) is 130 cm³/mol. The third-order valence-corrected chi connectivity index (χ3v) is 7.73. The fourth-order valence-electron chi connectivity index (χ4n) is 3.69. The second-order valence-corrected chi connectivity index (χ2v) is 9.76. The number of benzene rings is 2. The predicted octanol–water partition coefficient (Wildman–Crippen LogP) is 3.39. The van der Waals surface area contributed by atoms with Crippen LogP contribution < -0.4 is 9.62 Å². The Bertz CT molecular complexity index is 1170. The zero-order chi connectivity index (χ0) is 25.5. The highest BCUT2D eigenvalue weighted by atomic mass is 32.2. The Morgan fingerprint density at radius 2 is 1.53 bits per heavy atom. The highest BCUT2D eigenvalue weighted by Gasteiger charge is 2.24. The van der Waals surface area contributed by atoms with Gasteiger partial charge in [-0.25, -0.2) is 13.1 Å². The van der Waals surface area contributed by atoms with Crippen molar-refractivity contribution in [1.29, 1.82) is 5.26 Å². The van der Waals surface area contributed by atoms with Crippen molar-refractivity contribution < 1.29 is 22.7 Å². The molecule has 0 fully saturated rings. The normalized spacial score (nSPS) is 11.1. The average Bonchev–Trinajstić information content (AvgIpc) is 2.81. The molecule has 9 heteroatoms. The Labute approximate surface area is 201 Å². The number of nitrogens with one attached hydrogen (secondary N) is 1. The number of sulfonamides is 1. The summed E-state index contributed by atoms with van der Waals surface area (Å²) in [5.74, 6) is -1.17. The van der Waals surface area contributed by atoms with Gasteiger partial charge in [-0.3, -0.25) is 9.59 Å². The summed E-state index contributed by atoms with van der Waals surface area (Å²) in [7, 11) is -3.83. The number of amides is 1. The zero-order valence-electron chi connectivity index (χ0n) is 20.3.